The number of rotatable bonds is 5. The average molecular weight is 464 g/mol. The SMILES string of the molecule is N=c1c(C(=O)NC[C@@H]2CCCO2)cc2c(=O)n3ccccc3nc2n1Cc1ccccc1Cl. The maximum atomic E-state index is 13.3. The number of benzene rings is 1. The van der Waals surface area contributed by atoms with E-state index in [0.717, 1.165) is 18.4 Å². The van der Waals surface area contributed by atoms with Gasteiger partial charge in [0.15, 0.2) is 0 Å². The van der Waals surface area contributed by atoms with E-state index in [4.69, 9.17) is 21.7 Å². The maximum absolute atomic E-state index is 13.3. The van der Waals surface area contributed by atoms with Gasteiger partial charge in [0.2, 0.25) is 0 Å². The lowest BCUT2D eigenvalue weighted by Gasteiger charge is -2.16. The molecule has 1 fully saturated rings. The minimum Gasteiger partial charge on any atom is -0.376 e. The highest BCUT2D eigenvalue weighted by Crippen LogP contribution is 2.18. The molecule has 8 nitrogen and oxygen atoms in total. The fourth-order valence-electron chi connectivity index (χ4n) is 4.12. The van der Waals surface area contributed by atoms with Crippen LogP contribution in [-0.4, -0.2) is 39.1 Å². The number of fused-ring (bicyclic) bond motifs is 2. The van der Waals surface area contributed by atoms with E-state index < -0.39 is 5.91 Å². The lowest BCUT2D eigenvalue weighted by Crippen LogP contribution is -2.38. The van der Waals surface area contributed by atoms with Crippen LogP contribution in [0.3, 0.4) is 0 Å². The maximum Gasteiger partial charge on any atom is 0.267 e. The number of halogens is 1. The Bertz CT molecular complexity index is 1490. The molecule has 9 heteroatoms. The highest BCUT2D eigenvalue weighted by atomic mass is 35.5. The molecule has 1 amide bonds. The Morgan fingerprint density at radius 2 is 2.06 bits per heavy atom. The van der Waals surface area contributed by atoms with E-state index in [-0.39, 0.29) is 34.6 Å². The summed E-state index contributed by atoms with van der Waals surface area (Å²) < 4.78 is 8.57. The van der Waals surface area contributed by atoms with Gasteiger partial charge in [-0.3, -0.25) is 19.4 Å². The van der Waals surface area contributed by atoms with E-state index in [1.54, 1.807) is 35.0 Å². The van der Waals surface area contributed by atoms with E-state index >= 15 is 0 Å². The van der Waals surface area contributed by atoms with E-state index in [1.165, 1.54) is 10.5 Å². The van der Waals surface area contributed by atoms with Crippen molar-refractivity contribution in [2.45, 2.75) is 25.5 Å². The van der Waals surface area contributed by atoms with Gasteiger partial charge in [0.25, 0.3) is 11.5 Å². The number of hydrogen-bond acceptors (Lipinski definition) is 5. The second-order valence-electron chi connectivity index (χ2n) is 8.01. The third kappa shape index (κ3) is 4.03. The Hall–Kier alpha value is -3.49. The Balaban J connectivity index is 1.68. The van der Waals surface area contributed by atoms with E-state index in [2.05, 4.69) is 10.3 Å². The first-order chi connectivity index (χ1) is 16.0. The molecule has 0 unspecified atom stereocenters. The van der Waals surface area contributed by atoms with E-state index in [1.807, 2.05) is 18.2 Å². The van der Waals surface area contributed by atoms with Gasteiger partial charge in [-0.1, -0.05) is 35.9 Å². The van der Waals surface area contributed by atoms with Crippen LogP contribution < -0.4 is 16.4 Å². The van der Waals surface area contributed by atoms with Crippen LogP contribution in [0.25, 0.3) is 16.7 Å². The van der Waals surface area contributed by atoms with Crippen molar-refractivity contribution in [3.05, 3.63) is 86.7 Å². The van der Waals surface area contributed by atoms with E-state index in [0.29, 0.717) is 29.5 Å². The predicted octanol–water partition coefficient (Wildman–Crippen LogP) is 2.74. The standard InChI is InChI=1S/C24H22ClN5O3/c25-19-8-2-1-6-15(19)14-30-21(26)17(23(31)27-13-16-7-5-11-33-16)12-18-22(30)28-20-9-3-4-10-29(20)24(18)32/h1-4,6,8-10,12,16,26H,5,7,11,13-14H2,(H,27,31)/t16-/m0/s1. The number of pyridine rings is 2. The van der Waals surface area contributed by atoms with Crippen molar-refractivity contribution in [1.29, 1.82) is 5.41 Å². The first kappa shape index (κ1) is 21.4. The number of hydrogen-bond donors (Lipinski definition) is 2. The van der Waals surface area contributed by atoms with E-state index in [9.17, 15) is 9.59 Å². The molecule has 1 saturated heterocycles. The largest absolute Gasteiger partial charge is 0.376 e. The molecule has 1 aliphatic rings. The molecule has 0 bridgehead atoms. The molecule has 4 aromatic rings. The molecular formula is C24H22ClN5O3. The highest BCUT2D eigenvalue weighted by molar-refractivity contribution is 6.31. The average Bonchev–Trinajstić information content (AvgIpc) is 3.34. The fourth-order valence-corrected chi connectivity index (χ4v) is 4.31. The number of nitrogens with zero attached hydrogens (tertiary/aromatic N) is 3. The van der Waals surface area contributed by atoms with Crippen LogP contribution in [0, 0.1) is 5.41 Å². The van der Waals surface area contributed by atoms with Crippen molar-refractivity contribution < 1.29 is 9.53 Å². The number of amides is 1. The number of carbonyl (C=O) groups excluding carboxylic acids is 1. The molecule has 1 aliphatic heterocycles. The first-order valence-corrected chi connectivity index (χ1v) is 11.1. The summed E-state index contributed by atoms with van der Waals surface area (Å²) in [6.07, 6.45) is 3.45. The van der Waals surface area contributed by atoms with Crippen molar-refractivity contribution in [2.75, 3.05) is 13.2 Å². The summed E-state index contributed by atoms with van der Waals surface area (Å²) >= 11 is 6.37. The molecule has 1 atom stereocenters. The minimum absolute atomic E-state index is 0.0323. The number of nitrogens with one attached hydrogen (secondary N) is 2. The van der Waals surface area contributed by atoms with Crippen molar-refractivity contribution in [3.63, 3.8) is 0 Å². The molecule has 0 radical (unpaired) electrons. The van der Waals surface area contributed by atoms with Gasteiger partial charge >= 0.3 is 0 Å². The zero-order chi connectivity index (χ0) is 22.9. The molecular weight excluding hydrogens is 442 g/mol. The van der Waals surface area contributed by atoms with Gasteiger partial charge in [-0.05, 0) is 42.7 Å². The normalized spacial score (nSPS) is 15.8. The van der Waals surface area contributed by atoms with Crippen LogP contribution in [0.2, 0.25) is 5.02 Å². The summed E-state index contributed by atoms with van der Waals surface area (Å²) in [5.74, 6) is -0.428. The lowest BCUT2D eigenvalue weighted by atomic mass is 10.1. The number of carbonyl (C=O) groups is 1. The van der Waals surface area contributed by atoms with Crippen molar-refractivity contribution in [3.8, 4) is 0 Å². The van der Waals surface area contributed by atoms with Gasteiger partial charge in [-0.25, -0.2) is 4.98 Å². The molecule has 0 aliphatic carbocycles. The Morgan fingerprint density at radius 3 is 2.85 bits per heavy atom. The summed E-state index contributed by atoms with van der Waals surface area (Å²) in [4.78, 5) is 31.0. The summed E-state index contributed by atoms with van der Waals surface area (Å²) in [5, 5.41) is 12.5. The topological polar surface area (TPSA) is 101 Å². The molecule has 33 heavy (non-hydrogen) atoms. The fraction of sp³-hybridized carbons (Fsp3) is 0.250. The smallest absolute Gasteiger partial charge is 0.267 e. The monoisotopic (exact) mass is 463 g/mol. The first-order valence-electron chi connectivity index (χ1n) is 10.8. The van der Waals surface area contributed by atoms with Gasteiger partial charge in [-0.2, -0.15) is 0 Å². The molecule has 5 rings (SSSR count). The third-order valence-electron chi connectivity index (χ3n) is 5.86. The second-order valence-corrected chi connectivity index (χ2v) is 8.42. The molecule has 3 aromatic heterocycles. The highest BCUT2D eigenvalue weighted by Gasteiger charge is 2.20. The quantitative estimate of drug-likeness (QED) is 0.444. The van der Waals surface area contributed by atoms with Crippen molar-refractivity contribution >= 4 is 34.2 Å². The van der Waals surface area contributed by atoms with Crippen LogP contribution in [0.4, 0.5) is 0 Å². The Morgan fingerprint density at radius 1 is 1.24 bits per heavy atom. The summed E-state index contributed by atoms with van der Waals surface area (Å²) in [6.45, 7) is 1.24. The van der Waals surface area contributed by atoms with Gasteiger partial charge in [0.05, 0.1) is 23.6 Å². The zero-order valence-corrected chi connectivity index (χ0v) is 18.5. The van der Waals surface area contributed by atoms with Gasteiger partial charge in [0, 0.05) is 24.4 Å². The molecule has 4 heterocycles. The van der Waals surface area contributed by atoms with Crippen LogP contribution in [0.15, 0.2) is 59.5 Å². The van der Waals surface area contributed by atoms with Crippen LogP contribution in [0.5, 0.6) is 0 Å². The van der Waals surface area contributed by atoms with Gasteiger partial charge in [-0.15, -0.1) is 0 Å². The van der Waals surface area contributed by atoms with Crippen LogP contribution >= 0.6 is 11.6 Å². The summed E-state index contributed by atoms with van der Waals surface area (Å²) in [6, 6.07) is 14.0. The van der Waals surface area contributed by atoms with Crippen molar-refractivity contribution in [1.82, 2.24) is 19.3 Å². The predicted molar refractivity (Wildman–Crippen MR) is 125 cm³/mol. The minimum atomic E-state index is -0.428. The zero-order valence-electron chi connectivity index (χ0n) is 17.8. The van der Waals surface area contributed by atoms with Crippen LogP contribution in [0.1, 0.15) is 28.8 Å². The third-order valence-corrected chi connectivity index (χ3v) is 6.23. The van der Waals surface area contributed by atoms with Gasteiger partial charge < -0.3 is 14.6 Å². The molecule has 168 valence electrons. The summed E-state index contributed by atoms with van der Waals surface area (Å²) in [5.41, 5.74) is 1.29. The lowest BCUT2D eigenvalue weighted by molar-refractivity contribution is 0.0856. The molecule has 0 spiro atoms. The second kappa shape index (κ2) is 8.80. The molecule has 2 N–H and O–H groups in total. The molecule has 0 saturated carbocycles. The van der Waals surface area contributed by atoms with Gasteiger partial charge in [0.1, 0.15) is 16.8 Å². The van der Waals surface area contributed by atoms with Crippen molar-refractivity contribution in [2.24, 2.45) is 0 Å². The van der Waals surface area contributed by atoms with Crippen LogP contribution in [-0.2, 0) is 11.3 Å². The summed E-state index contributed by atoms with van der Waals surface area (Å²) in [7, 11) is 0. The number of aromatic nitrogens is 3. The number of ether oxygens (including phenoxy) is 1. The Labute approximate surface area is 193 Å². The molecule has 1 aromatic carbocycles. The Kier molecular flexibility index (Phi) is 5.70.